The quantitative estimate of drug-likeness (QED) is 0.394. The Hall–Kier alpha value is -2.82. The average Bonchev–Trinajstić information content (AvgIpc) is 3.16. The van der Waals surface area contributed by atoms with Crippen molar-refractivity contribution in [3.63, 3.8) is 0 Å². The van der Waals surface area contributed by atoms with E-state index >= 15 is 0 Å². The van der Waals surface area contributed by atoms with Gasteiger partial charge in [-0.3, -0.25) is 19.1 Å². The monoisotopic (exact) mass is 572 g/mol. The summed E-state index contributed by atoms with van der Waals surface area (Å²) in [6.07, 6.45) is 2.94. The highest BCUT2D eigenvalue weighted by Gasteiger charge is 2.44. The second kappa shape index (κ2) is 11.5. The lowest BCUT2D eigenvalue weighted by Gasteiger charge is -2.19. The molecule has 7 nitrogen and oxygen atoms in total. The first-order valence-electron chi connectivity index (χ1n) is 11.0. The molecule has 4 rings (SSSR count). The lowest BCUT2D eigenvalue weighted by Crippen LogP contribution is -2.35. The number of nitrogens with one attached hydrogen (secondary N) is 1. The first kappa shape index (κ1) is 24.3. The molecule has 8 heteroatoms. The topological polar surface area (TPSA) is 90.4 Å². The van der Waals surface area contributed by atoms with Gasteiger partial charge in [0.15, 0.2) is 5.78 Å². The number of hydrogen-bond donors (Lipinski definition) is 1. The third-order valence-corrected chi connectivity index (χ3v) is 6.25. The van der Waals surface area contributed by atoms with Crippen LogP contribution in [0.2, 0.25) is 0 Å². The number of nitrogens with zero attached hydrogens (tertiary/aromatic N) is 1. The van der Waals surface area contributed by atoms with Crippen LogP contribution in [0, 0.1) is 5.92 Å². The summed E-state index contributed by atoms with van der Waals surface area (Å²) >= 11 is 2.00. The fraction of sp³-hybridized carbons (Fsp3) is 0.269. The number of hydrogen-bond acceptors (Lipinski definition) is 5. The van der Waals surface area contributed by atoms with Gasteiger partial charge in [-0.25, -0.2) is 4.79 Å². The van der Waals surface area contributed by atoms with Gasteiger partial charge in [0.1, 0.15) is 0 Å². The van der Waals surface area contributed by atoms with E-state index in [1.165, 1.54) is 10.8 Å². The summed E-state index contributed by atoms with van der Waals surface area (Å²) < 4.78 is 15.1. The van der Waals surface area contributed by atoms with E-state index in [1.54, 1.807) is 10.2 Å². The van der Waals surface area contributed by atoms with Crippen molar-refractivity contribution in [2.75, 3.05) is 6.61 Å². The molecule has 0 spiro atoms. The lowest BCUT2D eigenvalue weighted by atomic mass is 10.1. The Morgan fingerprint density at radius 1 is 0.971 bits per heavy atom. The Labute approximate surface area is 210 Å². The van der Waals surface area contributed by atoms with E-state index in [2.05, 4.69) is 4.98 Å². The molecule has 0 amide bonds. The molecule has 1 heterocycles. The Bertz CT molecular complexity index is 1250. The zero-order valence-electron chi connectivity index (χ0n) is 18.4. The number of H-pyrrole nitrogens is 1. The number of ketones is 1. The predicted octanol–water partition coefficient (Wildman–Crippen LogP) is 3.87. The number of carbonyl (C=O) groups excluding carboxylic acids is 1. The summed E-state index contributed by atoms with van der Waals surface area (Å²) in [5.74, 6) is -0.663. The van der Waals surface area contributed by atoms with Crippen LogP contribution in [0.5, 0.6) is 0 Å². The fourth-order valence-corrected chi connectivity index (χ4v) is 4.52. The molecule has 34 heavy (non-hydrogen) atoms. The molecule has 2 aromatic carbocycles. The number of aromatic amines is 1. The van der Waals surface area contributed by atoms with Crippen LogP contribution in [0.1, 0.15) is 29.2 Å². The predicted molar refractivity (Wildman–Crippen MR) is 138 cm³/mol. The minimum absolute atomic E-state index is 0.135. The summed E-state index contributed by atoms with van der Waals surface area (Å²) in [6.45, 7) is 0.913. The standard InChI is InChI=1S/C26H25IN2O5/c27-12-11-20-14-29(26(32)28-25(20)31)22-13-23(34-16-19-9-5-2-6-10-19)21(24(22)30)17-33-15-18-7-3-1-4-8-18/h1-12,14,21-23H,13,15-17H2,(H,28,31,32)/b12-11+/t21-,22+,23+/m1/s1. The Balaban J connectivity index is 1.55. The normalized spacial score (nSPS) is 20.3. The average molecular weight is 572 g/mol. The smallest absolute Gasteiger partial charge is 0.329 e. The zero-order valence-corrected chi connectivity index (χ0v) is 20.6. The molecule has 1 saturated carbocycles. The van der Waals surface area contributed by atoms with Gasteiger partial charge < -0.3 is 9.47 Å². The number of carbonyl (C=O) groups is 1. The number of rotatable bonds is 9. The van der Waals surface area contributed by atoms with Crippen LogP contribution >= 0.6 is 22.6 Å². The molecule has 1 aromatic heterocycles. The van der Waals surface area contributed by atoms with Gasteiger partial charge in [0.05, 0.1) is 43.4 Å². The van der Waals surface area contributed by atoms with Crippen molar-refractivity contribution in [2.24, 2.45) is 5.92 Å². The lowest BCUT2D eigenvalue weighted by molar-refractivity contribution is -0.128. The molecular formula is C26H25IN2O5. The first-order valence-corrected chi connectivity index (χ1v) is 12.2. The van der Waals surface area contributed by atoms with E-state index in [4.69, 9.17) is 9.47 Å². The molecule has 3 aromatic rings. The maximum atomic E-state index is 13.4. The van der Waals surface area contributed by atoms with Gasteiger partial charge >= 0.3 is 5.69 Å². The van der Waals surface area contributed by atoms with Crippen molar-refractivity contribution in [3.8, 4) is 0 Å². The summed E-state index contributed by atoms with van der Waals surface area (Å²) in [5.41, 5.74) is 1.23. The van der Waals surface area contributed by atoms with Gasteiger partial charge in [0, 0.05) is 12.6 Å². The highest BCUT2D eigenvalue weighted by molar-refractivity contribution is 14.1. The third-order valence-electron chi connectivity index (χ3n) is 5.89. The number of aromatic nitrogens is 2. The van der Waals surface area contributed by atoms with Crippen LogP contribution in [-0.4, -0.2) is 28.0 Å². The van der Waals surface area contributed by atoms with Gasteiger partial charge in [-0.2, -0.15) is 0 Å². The molecule has 0 saturated heterocycles. The van der Waals surface area contributed by atoms with Crippen LogP contribution < -0.4 is 11.2 Å². The minimum atomic E-state index is -0.739. The van der Waals surface area contributed by atoms with Crippen LogP contribution in [0.4, 0.5) is 0 Å². The van der Waals surface area contributed by atoms with Crippen molar-refractivity contribution < 1.29 is 14.3 Å². The Morgan fingerprint density at radius 3 is 2.26 bits per heavy atom. The van der Waals surface area contributed by atoms with Gasteiger partial charge in [0.2, 0.25) is 0 Å². The second-order valence-corrected chi connectivity index (χ2v) is 8.86. The highest BCUT2D eigenvalue weighted by atomic mass is 127. The highest BCUT2D eigenvalue weighted by Crippen LogP contribution is 2.34. The SMILES string of the molecule is O=C1[C@H](COCc2ccccc2)[C@@H](OCc2ccccc2)C[C@@H]1n1cc(/C=C/I)c(=O)[nH]c1=O. The molecule has 176 valence electrons. The largest absolute Gasteiger partial charge is 0.376 e. The van der Waals surface area contributed by atoms with Crippen LogP contribution in [0.15, 0.2) is 80.5 Å². The van der Waals surface area contributed by atoms with Crippen LogP contribution in [0.25, 0.3) is 6.08 Å². The van der Waals surface area contributed by atoms with E-state index in [0.717, 1.165) is 11.1 Å². The van der Waals surface area contributed by atoms with Gasteiger partial charge in [-0.05, 0) is 21.3 Å². The first-order chi connectivity index (χ1) is 16.6. The number of halogens is 1. The number of benzene rings is 2. The maximum absolute atomic E-state index is 13.4. The van der Waals surface area contributed by atoms with E-state index in [1.807, 2.05) is 83.3 Å². The van der Waals surface area contributed by atoms with Crippen molar-refractivity contribution in [2.45, 2.75) is 31.8 Å². The van der Waals surface area contributed by atoms with Gasteiger partial charge in [0.25, 0.3) is 5.56 Å². The van der Waals surface area contributed by atoms with Crippen molar-refractivity contribution in [1.82, 2.24) is 9.55 Å². The summed E-state index contributed by atoms with van der Waals surface area (Å²) in [5, 5.41) is 0. The molecule has 1 N–H and O–H groups in total. The Kier molecular flexibility index (Phi) is 8.25. The summed E-state index contributed by atoms with van der Waals surface area (Å²) in [6, 6.07) is 18.7. The fourth-order valence-electron chi connectivity index (χ4n) is 4.13. The van der Waals surface area contributed by atoms with Crippen LogP contribution in [-0.2, 0) is 27.5 Å². The van der Waals surface area contributed by atoms with E-state index < -0.39 is 29.3 Å². The molecule has 1 fully saturated rings. The third kappa shape index (κ3) is 5.81. The summed E-state index contributed by atoms with van der Waals surface area (Å²) in [4.78, 5) is 40.4. The molecule has 0 radical (unpaired) electrons. The maximum Gasteiger partial charge on any atom is 0.329 e. The van der Waals surface area contributed by atoms with E-state index in [9.17, 15) is 14.4 Å². The second-order valence-electron chi connectivity index (χ2n) is 8.14. The zero-order chi connectivity index (χ0) is 23.9. The Morgan fingerprint density at radius 2 is 1.62 bits per heavy atom. The molecule has 0 unspecified atom stereocenters. The minimum Gasteiger partial charge on any atom is -0.376 e. The summed E-state index contributed by atoms with van der Waals surface area (Å²) in [7, 11) is 0. The van der Waals surface area contributed by atoms with Crippen LogP contribution in [0.3, 0.4) is 0 Å². The molecular weight excluding hydrogens is 547 g/mol. The van der Waals surface area contributed by atoms with Crippen molar-refractivity contribution >= 4 is 34.5 Å². The molecule has 0 bridgehead atoms. The van der Waals surface area contributed by atoms with Gasteiger partial charge in [-0.1, -0.05) is 83.3 Å². The number of Topliss-reactive ketones (excluding diaryl/α,β-unsaturated/α-hetero) is 1. The van der Waals surface area contributed by atoms with Gasteiger partial charge in [-0.15, -0.1) is 0 Å². The molecule has 1 aliphatic rings. The van der Waals surface area contributed by atoms with E-state index in [0.29, 0.717) is 25.2 Å². The van der Waals surface area contributed by atoms with Crippen molar-refractivity contribution in [1.29, 1.82) is 0 Å². The van der Waals surface area contributed by atoms with E-state index in [-0.39, 0.29) is 12.4 Å². The van der Waals surface area contributed by atoms with Crippen molar-refractivity contribution in [3.05, 3.63) is 108 Å². The number of ether oxygens (including phenoxy) is 2. The molecule has 1 aliphatic carbocycles. The molecule has 3 atom stereocenters. The molecule has 0 aliphatic heterocycles.